The first-order valence-corrected chi connectivity index (χ1v) is 8.43. The van der Waals surface area contributed by atoms with E-state index in [4.69, 9.17) is 18.6 Å². The molecule has 0 aliphatic heterocycles. The average molecular weight is 384 g/mol. The van der Waals surface area contributed by atoms with E-state index >= 15 is 0 Å². The van der Waals surface area contributed by atoms with Crippen molar-refractivity contribution >= 4 is 5.91 Å². The van der Waals surface area contributed by atoms with Crippen molar-refractivity contribution in [2.45, 2.75) is 13.0 Å². The molecule has 0 saturated carbocycles. The predicted molar refractivity (Wildman–Crippen MR) is 98.6 cm³/mol. The zero-order chi connectivity index (χ0) is 19.9. The second kappa shape index (κ2) is 8.85. The number of hydrogen-bond acceptors (Lipinski definition) is 8. The highest BCUT2D eigenvalue weighted by molar-refractivity contribution is 5.89. The molecule has 3 rings (SSSR count). The first kappa shape index (κ1) is 19.2. The van der Waals surface area contributed by atoms with E-state index in [0.29, 0.717) is 36.1 Å². The molecule has 0 atom stereocenters. The number of carbonyl (C=O) groups excluding carboxylic acids is 1. The maximum absolute atomic E-state index is 12.2. The molecule has 0 aliphatic carbocycles. The number of hydrogen-bond donors (Lipinski definition) is 1. The third kappa shape index (κ3) is 4.37. The number of amides is 1. The van der Waals surface area contributed by atoms with Gasteiger partial charge in [0.05, 0.1) is 27.8 Å². The van der Waals surface area contributed by atoms with E-state index in [1.165, 1.54) is 7.11 Å². The molecule has 0 unspecified atom stereocenters. The minimum absolute atomic E-state index is 0.100. The van der Waals surface area contributed by atoms with Crippen LogP contribution in [-0.4, -0.2) is 42.4 Å². The molecule has 3 aromatic rings. The van der Waals surface area contributed by atoms with Crippen molar-refractivity contribution < 1.29 is 23.4 Å². The summed E-state index contributed by atoms with van der Waals surface area (Å²) < 4.78 is 21.5. The van der Waals surface area contributed by atoms with Gasteiger partial charge < -0.3 is 23.9 Å². The highest BCUT2D eigenvalue weighted by Gasteiger charge is 2.17. The van der Waals surface area contributed by atoms with Crippen molar-refractivity contribution in [1.29, 1.82) is 0 Å². The summed E-state index contributed by atoms with van der Waals surface area (Å²) in [5, 5.41) is 10.5. The molecular formula is C19H20N4O5. The summed E-state index contributed by atoms with van der Waals surface area (Å²) in [6.45, 7) is 0.339. The first-order chi connectivity index (χ1) is 13.6. The number of benzene rings is 1. The molecule has 0 bridgehead atoms. The third-order valence-corrected chi connectivity index (χ3v) is 3.94. The molecule has 0 radical (unpaired) electrons. The second-order valence-electron chi connectivity index (χ2n) is 5.75. The Bertz CT molecular complexity index is 918. The van der Waals surface area contributed by atoms with Crippen LogP contribution in [-0.2, 0) is 13.0 Å². The summed E-state index contributed by atoms with van der Waals surface area (Å²) in [7, 11) is 4.62. The molecule has 0 fully saturated rings. The van der Waals surface area contributed by atoms with Crippen LogP contribution >= 0.6 is 0 Å². The summed E-state index contributed by atoms with van der Waals surface area (Å²) in [5.41, 5.74) is 1.72. The van der Waals surface area contributed by atoms with Crippen LogP contribution in [0.2, 0.25) is 0 Å². The van der Waals surface area contributed by atoms with Crippen molar-refractivity contribution in [2.24, 2.45) is 0 Å². The number of carbonyl (C=O) groups is 1. The fourth-order valence-electron chi connectivity index (χ4n) is 2.59. The fourth-order valence-corrected chi connectivity index (χ4v) is 2.59. The number of pyridine rings is 1. The van der Waals surface area contributed by atoms with Crippen LogP contribution in [0.4, 0.5) is 0 Å². The lowest BCUT2D eigenvalue weighted by molar-refractivity contribution is 0.0914. The van der Waals surface area contributed by atoms with Crippen molar-refractivity contribution in [2.75, 3.05) is 21.3 Å². The van der Waals surface area contributed by atoms with Gasteiger partial charge in [0.1, 0.15) is 0 Å². The van der Waals surface area contributed by atoms with Gasteiger partial charge in [-0.25, -0.2) is 0 Å². The predicted octanol–water partition coefficient (Wildman–Crippen LogP) is 2.01. The highest BCUT2D eigenvalue weighted by atomic mass is 16.5. The van der Waals surface area contributed by atoms with Gasteiger partial charge >= 0.3 is 11.8 Å². The Morgan fingerprint density at radius 3 is 2.29 bits per heavy atom. The van der Waals surface area contributed by atoms with Gasteiger partial charge in [-0.05, 0) is 35.4 Å². The van der Waals surface area contributed by atoms with Gasteiger partial charge in [0, 0.05) is 18.9 Å². The molecule has 9 heteroatoms. The van der Waals surface area contributed by atoms with Gasteiger partial charge in [-0.15, -0.1) is 10.2 Å². The number of ether oxygens (including phenoxy) is 3. The van der Waals surface area contributed by atoms with E-state index in [1.54, 1.807) is 38.7 Å². The van der Waals surface area contributed by atoms with E-state index in [-0.39, 0.29) is 5.89 Å². The lowest BCUT2D eigenvalue weighted by Gasteiger charge is -2.13. The minimum atomic E-state index is -0.444. The van der Waals surface area contributed by atoms with Crippen LogP contribution in [0.5, 0.6) is 17.2 Å². The Hall–Kier alpha value is -3.62. The van der Waals surface area contributed by atoms with E-state index in [9.17, 15) is 4.79 Å². The van der Waals surface area contributed by atoms with Crippen LogP contribution in [0.25, 0.3) is 0 Å². The minimum Gasteiger partial charge on any atom is -0.493 e. The van der Waals surface area contributed by atoms with Crippen molar-refractivity contribution in [3.63, 3.8) is 0 Å². The zero-order valence-electron chi connectivity index (χ0n) is 15.8. The van der Waals surface area contributed by atoms with Crippen molar-refractivity contribution in [3.8, 4) is 17.2 Å². The standard InChI is InChI=1S/C19H20N4O5/c1-25-14-8-13(9-15(26-2)17(14)27-3)10-16-22-23-19(28-16)18(24)21-11-12-4-6-20-7-5-12/h4-9H,10-11H2,1-3H3,(H,21,24). The van der Waals surface area contributed by atoms with Gasteiger partial charge in [-0.1, -0.05) is 0 Å². The van der Waals surface area contributed by atoms with E-state index in [0.717, 1.165) is 11.1 Å². The van der Waals surface area contributed by atoms with Crippen LogP contribution in [0.3, 0.4) is 0 Å². The van der Waals surface area contributed by atoms with Crippen LogP contribution in [0.15, 0.2) is 41.1 Å². The molecule has 146 valence electrons. The molecule has 1 N–H and O–H groups in total. The Morgan fingerprint density at radius 1 is 1.00 bits per heavy atom. The first-order valence-electron chi connectivity index (χ1n) is 8.43. The smallest absolute Gasteiger partial charge is 0.309 e. The number of methoxy groups -OCH3 is 3. The van der Waals surface area contributed by atoms with Crippen LogP contribution < -0.4 is 19.5 Å². The van der Waals surface area contributed by atoms with Gasteiger partial charge in [-0.2, -0.15) is 0 Å². The quantitative estimate of drug-likeness (QED) is 0.628. The topological polar surface area (TPSA) is 109 Å². The number of aromatic nitrogens is 3. The van der Waals surface area contributed by atoms with Gasteiger partial charge in [-0.3, -0.25) is 9.78 Å². The molecule has 28 heavy (non-hydrogen) atoms. The normalized spacial score (nSPS) is 10.4. The van der Waals surface area contributed by atoms with E-state index in [2.05, 4.69) is 20.5 Å². The molecule has 1 aromatic carbocycles. The zero-order valence-corrected chi connectivity index (χ0v) is 15.8. The van der Waals surface area contributed by atoms with E-state index in [1.807, 2.05) is 12.1 Å². The number of nitrogens with one attached hydrogen (secondary N) is 1. The SMILES string of the molecule is COc1cc(Cc2nnc(C(=O)NCc3ccncc3)o2)cc(OC)c1OC. The lowest BCUT2D eigenvalue weighted by Crippen LogP contribution is -2.23. The summed E-state index contributed by atoms with van der Waals surface area (Å²) in [4.78, 5) is 16.1. The Kier molecular flexibility index (Phi) is 6.05. The van der Waals surface area contributed by atoms with E-state index < -0.39 is 5.91 Å². The molecular weight excluding hydrogens is 364 g/mol. The molecule has 2 heterocycles. The second-order valence-corrected chi connectivity index (χ2v) is 5.75. The maximum atomic E-state index is 12.2. The van der Waals surface area contributed by atoms with Gasteiger partial charge in [0.2, 0.25) is 11.6 Å². The monoisotopic (exact) mass is 384 g/mol. The molecule has 1 amide bonds. The third-order valence-electron chi connectivity index (χ3n) is 3.94. The van der Waals surface area contributed by atoms with Gasteiger partial charge in [0.25, 0.3) is 0 Å². The molecule has 0 aliphatic rings. The Labute approximate surface area is 161 Å². The summed E-state index contributed by atoms with van der Waals surface area (Å²) in [6, 6.07) is 7.19. The fraction of sp³-hybridized carbons (Fsp3) is 0.263. The molecule has 2 aromatic heterocycles. The lowest BCUT2D eigenvalue weighted by atomic mass is 10.1. The summed E-state index contributed by atoms with van der Waals surface area (Å²) in [6.07, 6.45) is 3.62. The summed E-state index contributed by atoms with van der Waals surface area (Å²) in [5.74, 6) is 1.29. The highest BCUT2D eigenvalue weighted by Crippen LogP contribution is 2.38. The summed E-state index contributed by atoms with van der Waals surface area (Å²) >= 11 is 0. The number of nitrogens with zero attached hydrogens (tertiary/aromatic N) is 3. The largest absolute Gasteiger partial charge is 0.493 e. The Balaban J connectivity index is 1.69. The molecule has 0 saturated heterocycles. The van der Waals surface area contributed by atoms with Crippen LogP contribution in [0.1, 0.15) is 27.7 Å². The number of rotatable bonds is 8. The maximum Gasteiger partial charge on any atom is 0.309 e. The van der Waals surface area contributed by atoms with Crippen molar-refractivity contribution in [3.05, 3.63) is 59.6 Å². The van der Waals surface area contributed by atoms with Gasteiger partial charge in [0.15, 0.2) is 11.5 Å². The van der Waals surface area contributed by atoms with Crippen molar-refractivity contribution in [1.82, 2.24) is 20.5 Å². The molecule has 9 nitrogen and oxygen atoms in total. The Morgan fingerprint density at radius 2 is 1.68 bits per heavy atom. The molecule has 0 spiro atoms. The average Bonchev–Trinajstić information content (AvgIpc) is 3.20. The van der Waals surface area contributed by atoms with Crippen LogP contribution in [0, 0.1) is 0 Å².